The van der Waals surface area contributed by atoms with Gasteiger partial charge < -0.3 is 24.4 Å². The number of carbonyl (C=O) groups excluding carboxylic acids is 2. The molecule has 1 spiro atoms. The molecule has 8 heteroatoms. The van der Waals surface area contributed by atoms with Crippen molar-refractivity contribution in [1.82, 2.24) is 4.90 Å². The Labute approximate surface area is 207 Å². The highest BCUT2D eigenvalue weighted by molar-refractivity contribution is 6.71. The fourth-order valence-electron chi connectivity index (χ4n) is 6.67. The monoisotopic (exact) mass is 494 g/mol. The Morgan fingerprint density at radius 1 is 1.14 bits per heavy atom. The molecule has 5 rings (SSSR count). The predicted molar refractivity (Wildman–Crippen MR) is 135 cm³/mol. The zero-order valence-corrected chi connectivity index (χ0v) is 21.8. The van der Waals surface area contributed by atoms with Crippen LogP contribution in [0.4, 0.5) is 5.69 Å². The van der Waals surface area contributed by atoms with Crippen LogP contribution in [0.15, 0.2) is 48.5 Å². The maximum absolute atomic E-state index is 13.7. The highest BCUT2D eigenvalue weighted by Crippen LogP contribution is 2.59. The maximum atomic E-state index is 13.7. The van der Waals surface area contributed by atoms with Crippen LogP contribution in [0.2, 0.25) is 18.6 Å². The van der Waals surface area contributed by atoms with E-state index in [-0.39, 0.29) is 42.3 Å². The SMILES string of the molecule is C[C@@H]1[C@@H]([Si](C)(C)O)[C@H](CC(=O)N2Cc3ccccc3C[C@H]2CO)O[C@@]12C(=O)N(C)c1ccccc12. The molecule has 0 saturated carbocycles. The number of hydrogen-bond acceptors (Lipinski definition) is 5. The lowest BCUT2D eigenvalue weighted by atomic mass is 9.82. The minimum absolute atomic E-state index is 0.0611. The van der Waals surface area contributed by atoms with E-state index in [1.807, 2.05) is 68.5 Å². The summed E-state index contributed by atoms with van der Waals surface area (Å²) in [6, 6.07) is 15.3. The number of amides is 2. The molecular formula is C27H34N2O5Si. The Hall–Kier alpha value is -2.52. The molecule has 2 aromatic carbocycles. The number of hydrogen-bond donors (Lipinski definition) is 2. The van der Waals surface area contributed by atoms with Gasteiger partial charge >= 0.3 is 0 Å². The van der Waals surface area contributed by atoms with Crippen molar-refractivity contribution in [2.75, 3.05) is 18.6 Å². The van der Waals surface area contributed by atoms with Crippen LogP contribution in [0, 0.1) is 5.92 Å². The van der Waals surface area contributed by atoms with E-state index < -0.39 is 20.0 Å². The number of carbonyl (C=O) groups is 2. The molecule has 0 unspecified atom stereocenters. The summed E-state index contributed by atoms with van der Waals surface area (Å²) < 4.78 is 6.64. The van der Waals surface area contributed by atoms with Gasteiger partial charge in [0.05, 0.1) is 30.9 Å². The first-order chi connectivity index (χ1) is 16.6. The molecule has 5 atom stereocenters. The normalized spacial score (nSPS) is 30.1. The molecule has 1 fully saturated rings. The number of aliphatic hydroxyl groups is 1. The molecule has 0 aliphatic carbocycles. The number of para-hydroxylation sites is 1. The molecule has 1 saturated heterocycles. The lowest BCUT2D eigenvalue weighted by molar-refractivity contribution is -0.150. The van der Waals surface area contributed by atoms with Crippen molar-refractivity contribution in [3.63, 3.8) is 0 Å². The summed E-state index contributed by atoms with van der Waals surface area (Å²) in [4.78, 5) is 42.0. The van der Waals surface area contributed by atoms with E-state index in [0.29, 0.717) is 13.0 Å². The van der Waals surface area contributed by atoms with E-state index in [4.69, 9.17) is 4.74 Å². The van der Waals surface area contributed by atoms with Crippen molar-refractivity contribution in [3.05, 3.63) is 65.2 Å². The second-order valence-corrected chi connectivity index (χ2v) is 14.8. The highest BCUT2D eigenvalue weighted by Gasteiger charge is 2.66. The fraction of sp³-hybridized carbons (Fsp3) is 0.481. The zero-order chi connectivity index (χ0) is 25.1. The average molecular weight is 495 g/mol. The van der Waals surface area contributed by atoms with E-state index in [0.717, 1.165) is 22.4 Å². The van der Waals surface area contributed by atoms with Crippen LogP contribution >= 0.6 is 0 Å². The van der Waals surface area contributed by atoms with Gasteiger partial charge in [0.2, 0.25) is 5.91 Å². The van der Waals surface area contributed by atoms with Gasteiger partial charge in [0, 0.05) is 30.6 Å². The van der Waals surface area contributed by atoms with Crippen molar-refractivity contribution in [1.29, 1.82) is 0 Å². The summed E-state index contributed by atoms with van der Waals surface area (Å²) in [6.07, 6.45) is 0.0695. The van der Waals surface area contributed by atoms with Crippen LogP contribution in [0.1, 0.15) is 30.0 Å². The Bertz CT molecular complexity index is 1160. The minimum atomic E-state index is -2.83. The van der Waals surface area contributed by atoms with Crippen LogP contribution in [0.3, 0.4) is 0 Å². The minimum Gasteiger partial charge on any atom is -0.432 e. The van der Waals surface area contributed by atoms with E-state index in [1.54, 1.807) is 16.8 Å². The molecule has 186 valence electrons. The molecule has 0 bridgehead atoms. The third kappa shape index (κ3) is 3.66. The van der Waals surface area contributed by atoms with Crippen molar-refractivity contribution < 1.29 is 24.2 Å². The van der Waals surface area contributed by atoms with E-state index in [2.05, 4.69) is 0 Å². The summed E-state index contributed by atoms with van der Waals surface area (Å²) >= 11 is 0. The smallest absolute Gasteiger partial charge is 0.264 e. The Morgan fingerprint density at radius 3 is 2.49 bits per heavy atom. The molecule has 0 aromatic heterocycles. The van der Waals surface area contributed by atoms with Gasteiger partial charge in [0.1, 0.15) is 0 Å². The molecule has 3 aliphatic rings. The summed E-state index contributed by atoms with van der Waals surface area (Å²) in [5, 5.41) is 10.1. The summed E-state index contributed by atoms with van der Waals surface area (Å²) in [5.41, 5.74) is 2.33. The molecular weight excluding hydrogens is 460 g/mol. The molecule has 2 aromatic rings. The Balaban J connectivity index is 1.48. The summed E-state index contributed by atoms with van der Waals surface area (Å²) in [6.45, 7) is 6.00. The molecule has 7 nitrogen and oxygen atoms in total. The van der Waals surface area contributed by atoms with Crippen LogP contribution < -0.4 is 4.90 Å². The topological polar surface area (TPSA) is 90.3 Å². The molecule has 3 heterocycles. The largest absolute Gasteiger partial charge is 0.432 e. The number of benzene rings is 2. The lowest BCUT2D eigenvalue weighted by Gasteiger charge is -2.37. The number of rotatable bonds is 4. The van der Waals surface area contributed by atoms with E-state index in [1.165, 1.54) is 0 Å². The third-order valence-corrected chi connectivity index (χ3v) is 10.8. The molecule has 0 radical (unpaired) electrons. The van der Waals surface area contributed by atoms with Gasteiger partial charge in [-0.25, -0.2) is 0 Å². The fourth-order valence-corrected chi connectivity index (χ4v) is 9.22. The summed E-state index contributed by atoms with van der Waals surface area (Å²) in [5.74, 6) is -0.561. The average Bonchev–Trinajstić information content (AvgIpc) is 3.25. The third-order valence-electron chi connectivity index (χ3n) is 8.28. The van der Waals surface area contributed by atoms with Crippen molar-refractivity contribution >= 4 is 25.8 Å². The van der Waals surface area contributed by atoms with Gasteiger partial charge in [-0.1, -0.05) is 49.4 Å². The lowest BCUT2D eigenvalue weighted by Crippen LogP contribution is -2.48. The first-order valence-corrected chi connectivity index (χ1v) is 15.4. The van der Waals surface area contributed by atoms with Crippen LogP contribution in [0.25, 0.3) is 0 Å². The van der Waals surface area contributed by atoms with E-state index >= 15 is 0 Å². The van der Waals surface area contributed by atoms with Crippen molar-refractivity contribution in [2.45, 2.75) is 62.7 Å². The number of nitrogens with zero attached hydrogens (tertiary/aromatic N) is 2. The number of likely N-dealkylation sites (N-methyl/N-ethyl adjacent to an activating group) is 1. The van der Waals surface area contributed by atoms with Gasteiger partial charge in [0.25, 0.3) is 5.91 Å². The first-order valence-electron chi connectivity index (χ1n) is 12.3. The molecule has 2 N–H and O–H groups in total. The highest BCUT2D eigenvalue weighted by atomic mass is 28.4. The molecule has 3 aliphatic heterocycles. The molecule has 2 amide bonds. The van der Waals surface area contributed by atoms with Crippen LogP contribution in [-0.4, -0.2) is 60.7 Å². The predicted octanol–water partition coefficient (Wildman–Crippen LogP) is 2.80. The van der Waals surface area contributed by atoms with Crippen molar-refractivity contribution in [3.8, 4) is 0 Å². The summed E-state index contributed by atoms with van der Waals surface area (Å²) in [7, 11) is -1.08. The zero-order valence-electron chi connectivity index (χ0n) is 20.8. The number of fused-ring (bicyclic) bond motifs is 3. The van der Waals surface area contributed by atoms with Gasteiger partial charge in [-0.3, -0.25) is 9.59 Å². The van der Waals surface area contributed by atoms with Crippen LogP contribution in [-0.2, 0) is 32.9 Å². The quantitative estimate of drug-likeness (QED) is 0.638. The van der Waals surface area contributed by atoms with Crippen molar-refractivity contribution in [2.24, 2.45) is 5.92 Å². The first kappa shape index (κ1) is 24.2. The van der Waals surface area contributed by atoms with Crippen LogP contribution in [0.5, 0.6) is 0 Å². The second kappa shape index (κ2) is 8.55. The second-order valence-electron chi connectivity index (χ2n) is 10.8. The number of ether oxygens (including phenoxy) is 1. The van der Waals surface area contributed by atoms with Gasteiger partial charge in [-0.2, -0.15) is 0 Å². The van der Waals surface area contributed by atoms with E-state index in [9.17, 15) is 19.5 Å². The Morgan fingerprint density at radius 2 is 1.80 bits per heavy atom. The van der Waals surface area contributed by atoms with Gasteiger partial charge in [0.15, 0.2) is 13.9 Å². The maximum Gasteiger partial charge on any atom is 0.264 e. The molecule has 35 heavy (non-hydrogen) atoms. The standard InChI is InChI=1S/C27H34N2O5Si/c1-17-25(35(3,4)33)23(34-27(17)21-11-7-8-12-22(21)28(2)26(27)32)14-24(31)29-15-19-10-6-5-9-18(19)13-20(29)16-30/h5-12,17,20,23,25,30,33H,13-16H2,1-4H3/t17-,20+,23+,25-,27+/m1/s1. The number of aliphatic hydroxyl groups excluding tert-OH is 1. The van der Waals surface area contributed by atoms with Gasteiger partial charge in [-0.15, -0.1) is 0 Å². The van der Waals surface area contributed by atoms with Gasteiger partial charge in [-0.05, 0) is 36.7 Å². The Kier molecular flexibility index (Phi) is 5.91. The number of anilines is 1.